The lowest BCUT2D eigenvalue weighted by Gasteiger charge is -2.30. The number of hydrogen-bond acceptors (Lipinski definition) is 6. The Morgan fingerprint density at radius 1 is 0.812 bits per heavy atom. The Labute approximate surface area is 282 Å². The highest BCUT2D eigenvalue weighted by atomic mass is 16.6. The highest BCUT2D eigenvalue weighted by Gasteiger charge is 2.40. The number of alkyl carbamates (subject to hydrolysis) is 1. The first kappa shape index (κ1) is 32.8. The lowest BCUT2D eigenvalue weighted by atomic mass is 9.98. The van der Waals surface area contributed by atoms with Crippen LogP contribution in [0.5, 0.6) is 5.75 Å². The third-order valence-electron chi connectivity index (χ3n) is 8.76. The van der Waals surface area contributed by atoms with Crippen molar-refractivity contribution in [1.82, 2.24) is 10.2 Å². The molecule has 8 heteroatoms. The average Bonchev–Trinajstić information content (AvgIpc) is 3.70. The van der Waals surface area contributed by atoms with Gasteiger partial charge in [0.25, 0.3) is 0 Å². The molecule has 0 aromatic heterocycles. The van der Waals surface area contributed by atoms with Crippen molar-refractivity contribution in [2.75, 3.05) is 13.2 Å². The van der Waals surface area contributed by atoms with Gasteiger partial charge in [0.15, 0.2) is 0 Å². The van der Waals surface area contributed by atoms with Crippen molar-refractivity contribution in [1.29, 1.82) is 0 Å². The molecule has 8 nitrogen and oxygen atoms in total. The van der Waals surface area contributed by atoms with Crippen LogP contribution in [0.1, 0.15) is 61.8 Å². The number of likely N-dealkylation sites (tertiary alicyclic amines) is 1. The topological polar surface area (TPSA) is 94.2 Å². The van der Waals surface area contributed by atoms with Crippen molar-refractivity contribution in [2.24, 2.45) is 0 Å². The number of carbonyl (C=O) groups is 3. The van der Waals surface area contributed by atoms with E-state index in [2.05, 4.69) is 29.6 Å². The highest BCUT2D eigenvalue weighted by molar-refractivity contribution is 5.90. The summed E-state index contributed by atoms with van der Waals surface area (Å²) in [5, 5.41) is 2.85. The van der Waals surface area contributed by atoms with Crippen molar-refractivity contribution in [3.05, 3.63) is 125 Å². The fraction of sp³-hybridized carbons (Fsp3) is 0.325. The van der Waals surface area contributed by atoms with Gasteiger partial charge >= 0.3 is 12.1 Å². The van der Waals surface area contributed by atoms with Crippen molar-refractivity contribution in [3.8, 4) is 16.9 Å². The molecule has 0 saturated carbocycles. The van der Waals surface area contributed by atoms with Crippen LogP contribution in [0, 0.1) is 0 Å². The first-order valence-electron chi connectivity index (χ1n) is 16.6. The minimum absolute atomic E-state index is 0.115. The molecular weight excluding hydrogens is 604 g/mol. The molecule has 0 unspecified atom stereocenters. The van der Waals surface area contributed by atoms with E-state index < -0.39 is 29.7 Å². The van der Waals surface area contributed by atoms with E-state index in [4.69, 9.17) is 14.2 Å². The molecule has 248 valence electrons. The van der Waals surface area contributed by atoms with Gasteiger partial charge in [0.1, 0.15) is 36.6 Å². The maximum absolute atomic E-state index is 14.1. The number of benzene rings is 4. The maximum Gasteiger partial charge on any atom is 0.407 e. The van der Waals surface area contributed by atoms with Crippen LogP contribution < -0.4 is 10.1 Å². The zero-order chi connectivity index (χ0) is 33.7. The summed E-state index contributed by atoms with van der Waals surface area (Å²) < 4.78 is 17.4. The van der Waals surface area contributed by atoms with Crippen molar-refractivity contribution in [3.63, 3.8) is 0 Å². The number of esters is 1. The fourth-order valence-electron chi connectivity index (χ4n) is 6.53. The van der Waals surface area contributed by atoms with E-state index in [1.165, 1.54) is 0 Å². The van der Waals surface area contributed by atoms with Gasteiger partial charge in [0, 0.05) is 18.9 Å². The largest absolute Gasteiger partial charge is 0.489 e. The Morgan fingerprint density at radius 2 is 1.44 bits per heavy atom. The van der Waals surface area contributed by atoms with Crippen LogP contribution in [0.3, 0.4) is 0 Å². The van der Waals surface area contributed by atoms with Crippen LogP contribution in [0.15, 0.2) is 103 Å². The first-order chi connectivity index (χ1) is 23.2. The van der Waals surface area contributed by atoms with Crippen LogP contribution in [-0.4, -0.2) is 53.7 Å². The summed E-state index contributed by atoms with van der Waals surface area (Å²) in [6, 6.07) is 32.0. The number of fused-ring (bicyclic) bond motifs is 3. The zero-order valence-corrected chi connectivity index (χ0v) is 27.7. The summed E-state index contributed by atoms with van der Waals surface area (Å²) in [5.41, 5.74) is 5.67. The predicted octanol–water partition coefficient (Wildman–Crippen LogP) is 7.05. The minimum atomic E-state index is -0.959. The summed E-state index contributed by atoms with van der Waals surface area (Å²) in [6.07, 6.45) is 0.692. The van der Waals surface area contributed by atoms with E-state index in [1.54, 1.807) is 25.7 Å². The smallest absolute Gasteiger partial charge is 0.407 e. The SMILES string of the molecule is CC(C)(C)OC(=O)[C@@H]1CCCN1C(=O)[C@H](Cc1ccc(OCc2ccccc2)cc1)NC(=O)OCC1c2ccccc2-c2ccccc21. The monoisotopic (exact) mass is 646 g/mol. The molecule has 1 saturated heterocycles. The minimum Gasteiger partial charge on any atom is -0.489 e. The summed E-state index contributed by atoms with van der Waals surface area (Å²) in [6.45, 7) is 6.38. The average molecular weight is 647 g/mol. The quantitative estimate of drug-likeness (QED) is 0.186. The number of carbonyl (C=O) groups excluding carboxylic acids is 3. The molecule has 4 aromatic carbocycles. The standard InChI is InChI=1S/C40H42N2O6/c1-40(2,3)48-38(44)36-18-11-23-42(36)37(43)35(24-27-19-21-29(22-20-27)46-25-28-12-5-4-6-13-28)41-39(45)47-26-34-32-16-9-7-14-30(32)31-15-8-10-17-33(31)34/h4-10,12-17,19-22,34-36H,11,18,23-26H2,1-3H3,(H,41,45)/t35-,36-/m0/s1. The molecule has 1 heterocycles. The van der Waals surface area contributed by atoms with E-state index >= 15 is 0 Å². The van der Waals surface area contributed by atoms with Gasteiger partial charge in [-0.1, -0.05) is 91.0 Å². The second kappa shape index (κ2) is 14.3. The Bertz CT molecular complexity index is 1700. The molecular formula is C40H42N2O6. The molecule has 1 N–H and O–H groups in total. The van der Waals surface area contributed by atoms with E-state index in [0.29, 0.717) is 31.7 Å². The van der Waals surface area contributed by atoms with Gasteiger partial charge in [0.2, 0.25) is 5.91 Å². The molecule has 6 rings (SSSR count). The number of rotatable bonds is 10. The molecule has 2 amide bonds. The number of ether oxygens (including phenoxy) is 3. The van der Waals surface area contributed by atoms with Crippen molar-refractivity contribution < 1.29 is 28.6 Å². The molecule has 1 aliphatic carbocycles. The molecule has 48 heavy (non-hydrogen) atoms. The van der Waals surface area contributed by atoms with Gasteiger partial charge in [0.05, 0.1) is 0 Å². The molecule has 4 aromatic rings. The number of amides is 2. The van der Waals surface area contributed by atoms with Crippen LogP contribution in [-0.2, 0) is 32.1 Å². The Morgan fingerprint density at radius 3 is 2.08 bits per heavy atom. The Kier molecular flexibility index (Phi) is 9.80. The van der Waals surface area contributed by atoms with Crippen LogP contribution >= 0.6 is 0 Å². The Hall–Kier alpha value is -5.11. The van der Waals surface area contributed by atoms with Crippen LogP contribution in [0.2, 0.25) is 0 Å². The normalized spacial score (nSPS) is 16.1. The highest BCUT2D eigenvalue weighted by Crippen LogP contribution is 2.44. The number of hydrogen-bond donors (Lipinski definition) is 1. The second-order valence-electron chi connectivity index (χ2n) is 13.4. The third-order valence-corrected chi connectivity index (χ3v) is 8.76. The summed E-state index contributed by atoms with van der Waals surface area (Å²) >= 11 is 0. The van der Waals surface area contributed by atoms with Crippen LogP contribution in [0.25, 0.3) is 11.1 Å². The lowest BCUT2D eigenvalue weighted by molar-refractivity contribution is -0.163. The first-order valence-corrected chi connectivity index (χ1v) is 16.6. The zero-order valence-electron chi connectivity index (χ0n) is 27.7. The Balaban J connectivity index is 1.16. The van der Waals surface area contributed by atoms with E-state index in [9.17, 15) is 14.4 Å². The molecule has 2 aliphatic rings. The van der Waals surface area contributed by atoms with E-state index in [0.717, 1.165) is 33.4 Å². The summed E-state index contributed by atoms with van der Waals surface area (Å²) in [7, 11) is 0. The fourth-order valence-corrected chi connectivity index (χ4v) is 6.53. The summed E-state index contributed by atoms with van der Waals surface area (Å²) in [5.74, 6) is -0.204. The van der Waals surface area contributed by atoms with Gasteiger partial charge < -0.3 is 24.4 Å². The van der Waals surface area contributed by atoms with Crippen molar-refractivity contribution >= 4 is 18.0 Å². The van der Waals surface area contributed by atoms with Gasteiger partial charge in [-0.05, 0) is 79.1 Å². The van der Waals surface area contributed by atoms with Gasteiger partial charge in [-0.15, -0.1) is 0 Å². The van der Waals surface area contributed by atoms with Gasteiger partial charge in [-0.3, -0.25) is 4.79 Å². The molecule has 2 atom stereocenters. The number of nitrogens with zero attached hydrogens (tertiary/aromatic N) is 1. The maximum atomic E-state index is 14.1. The molecule has 0 spiro atoms. The molecule has 0 radical (unpaired) electrons. The number of nitrogens with one attached hydrogen (secondary N) is 1. The van der Waals surface area contributed by atoms with Crippen molar-refractivity contribution in [2.45, 2.75) is 70.2 Å². The van der Waals surface area contributed by atoms with Gasteiger partial charge in [-0.25, -0.2) is 9.59 Å². The van der Waals surface area contributed by atoms with E-state index in [1.807, 2.05) is 78.9 Å². The molecule has 1 aliphatic heterocycles. The van der Waals surface area contributed by atoms with E-state index in [-0.39, 0.29) is 24.9 Å². The molecule has 1 fully saturated rings. The molecule has 0 bridgehead atoms. The second-order valence-corrected chi connectivity index (χ2v) is 13.4. The third kappa shape index (κ3) is 7.71. The lowest BCUT2D eigenvalue weighted by Crippen LogP contribution is -2.53. The van der Waals surface area contributed by atoms with Crippen LogP contribution in [0.4, 0.5) is 4.79 Å². The van der Waals surface area contributed by atoms with Gasteiger partial charge in [-0.2, -0.15) is 0 Å². The predicted molar refractivity (Wildman–Crippen MR) is 183 cm³/mol. The summed E-state index contributed by atoms with van der Waals surface area (Å²) in [4.78, 5) is 42.1.